The largest absolute Gasteiger partial charge is 0.341 e. The van der Waals surface area contributed by atoms with Crippen LogP contribution >= 0.6 is 15.9 Å². The van der Waals surface area contributed by atoms with Crippen LogP contribution in [0.1, 0.15) is 18.1 Å². The molecule has 23 heavy (non-hydrogen) atoms. The van der Waals surface area contributed by atoms with Crippen LogP contribution in [0.4, 0.5) is 4.39 Å². The lowest BCUT2D eigenvalue weighted by molar-refractivity contribution is 0.524. The molecule has 0 N–H and O–H groups in total. The Morgan fingerprint density at radius 3 is 2.43 bits per heavy atom. The van der Waals surface area contributed by atoms with Crippen molar-refractivity contribution in [2.24, 2.45) is 0 Å². The predicted molar refractivity (Wildman–Crippen MR) is 98.0 cm³/mol. The first kappa shape index (κ1) is 15.8. The minimum Gasteiger partial charge on any atom is -0.341 e. The van der Waals surface area contributed by atoms with Gasteiger partial charge in [-0.2, -0.15) is 0 Å². The molecule has 0 amide bonds. The number of hydrogen-bond acceptors (Lipinski definition) is 1. The first-order valence-corrected chi connectivity index (χ1v) is 8.31. The Kier molecular flexibility index (Phi) is 4.49. The summed E-state index contributed by atoms with van der Waals surface area (Å²) >= 11 is 3.50. The molecule has 0 bridgehead atoms. The highest BCUT2D eigenvalue weighted by atomic mass is 79.9. The Balaban J connectivity index is 2.33. The second kappa shape index (κ2) is 6.55. The zero-order valence-electron chi connectivity index (χ0n) is 12.9. The quantitative estimate of drug-likeness (QED) is 0.654. The highest BCUT2D eigenvalue weighted by molar-refractivity contribution is 9.10. The molecular weight excluding hydrogens is 353 g/mol. The molecule has 1 heterocycles. The molecule has 1 nitrogen and oxygen atoms in total. The van der Waals surface area contributed by atoms with Crippen LogP contribution in [0.5, 0.6) is 0 Å². The maximum Gasteiger partial charge on any atom is 0.133 e. The Morgan fingerprint density at radius 2 is 1.78 bits per heavy atom. The van der Waals surface area contributed by atoms with Crippen molar-refractivity contribution in [3.8, 4) is 0 Å². The van der Waals surface area contributed by atoms with Gasteiger partial charge >= 0.3 is 0 Å². The zero-order chi connectivity index (χ0) is 16.4. The molecule has 0 saturated heterocycles. The fourth-order valence-corrected chi connectivity index (χ4v) is 3.37. The van der Waals surface area contributed by atoms with E-state index in [1.807, 2.05) is 60.4 Å². The van der Waals surface area contributed by atoms with E-state index in [-0.39, 0.29) is 5.82 Å². The van der Waals surface area contributed by atoms with Crippen molar-refractivity contribution < 1.29 is 4.39 Å². The van der Waals surface area contributed by atoms with E-state index in [4.69, 9.17) is 0 Å². The Morgan fingerprint density at radius 1 is 1.04 bits per heavy atom. The molecule has 0 unspecified atom stereocenters. The van der Waals surface area contributed by atoms with Crippen molar-refractivity contribution in [3.05, 3.63) is 94.4 Å². The van der Waals surface area contributed by atoms with Crippen molar-refractivity contribution in [2.45, 2.75) is 6.92 Å². The summed E-state index contributed by atoms with van der Waals surface area (Å²) in [6.07, 6.45) is 3.99. The van der Waals surface area contributed by atoms with Gasteiger partial charge in [0.05, 0.1) is 5.70 Å². The van der Waals surface area contributed by atoms with E-state index in [2.05, 4.69) is 22.5 Å². The van der Waals surface area contributed by atoms with Gasteiger partial charge in [-0.25, -0.2) is 4.39 Å². The molecule has 3 heteroatoms. The van der Waals surface area contributed by atoms with Crippen LogP contribution in [-0.4, -0.2) is 11.4 Å². The molecule has 0 atom stereocenters. The average molecular weight is 370 g/mol. The highest BCUT2D eigenvalue weighted by Gasteiger charge is 2.24. The summed E-state index contributed by atoms with van der Waals surface area (Å²) in [4.78, 5) is 2.05. The number of halogens is 2. The van der Waals surface area contributed by atoms with Gasteiger partial charge in [0.2, 0.25) is 0 Å². The van der Waals surface area contributed by atoms with Crippen LogP contribution in [0.2, 0.25) is 0 Å². The van der Waals surface area contributed by atoms with Crippen molar-refractivity contribution in [3.63, 3.8) is 0 Å². The average Bonchev–Trinajstić information content (AvgIpc) is 2.56. The molecular formula is C20H17BrFN. The first-order chi connectivity index (χ1) is 11.1. The van der Waals surface area contributed by atoms with Crippen molar-refractivity contribution in [1.29, 1.82) is 0 Å². The van der Waals surface area contributed by atoms with E-state index in [9.17, 15) is 4.39 Å². The molecule has 0 radical (unpaired) electrons. The number of nitrogens with zero attached hydrogens (tertiary/aromatic N) is 1. The molecule has 0 aromatic heterocycles. The van der Waals surface area contributed by atoms with E-state index in [0.29, 0.717) is 5.56 Å². The summed E-state index contributed by atoms with van der Waals surface area (Å²) in [6.45, 7) is 6.86. The molecule has 0 aliphatic carbocycles. The molecule has 0 saturated carbocycles. The van der Waals surface area contributed by atoms with Gasteiger partial charge < -0.3 is 4.90 Å². The molecule has 2 aromatic rings. The SMILES string of the molecule is C=C1C=CC(c2ccccc2)=C(c2c(F)cccc2Br)N1CC. The minimum atomic E-state index is -0.246. The smallest absolute Gasteiger partial charge is 0.133 e. The van der Waals surface area contributed by atoms with Gasteiger partial charge in [-0.05, 0) is 46.6 Å². The second-order valence-corrected chi connectivity index (χ2v) is 6.15. The van der Waals surface area contributed by atoms with E-state index in [1.165, 1.54) is 6.07 Å². The van der Waals surface area contributed by atoms with Gasteiger partial charge in [0.1, 0.15) is 5.82 Å². The van der Waals surface area contributed by atoms with Crippen LogP contribution in [0.15, 0.2) is 77.4 Å². The maximum atomic E-state index is 14.6. The number of rotatable bonds is 3. The molecule has 0 spiro atoms. The fourth-order valence-electron chi connectivity index (χ4n) is 2.84. The fraction of sp³-hybridized carbons (Fsp3) is 0.100. The summed E-state index contributed by atoms with van der Waals surface area (Å²) in [5, 5.41) is 0. The van der Waals surface area contributed by atoms with E-state index >= 15 is 0 Å². The minimum absolute atomic E-state index is 0.246. The van der Waals surface area contributed by atoms with Gasteiger partial charge in [0, 0.05) is 27.9 Å². The van der Waals surface area contributed by atoms with E-state index in [1.54, 1.807) is 6.07 Å². The normalized spacial score (nSPS) is 14.6. The van der Waals surface area contributed by atoms with Gasteiger partial charge in [0.15, 0.2) is 0 Å². The summed E-state index contributed by atoms with van der Waals surface area (Å²) in [5.74, 6) is -0.246. The van der Waals surface area contributed by atoms with Crippen LogP contribution in [0.25, 0.3) is 11.3 Å². The lowest BCUT2D eigenvalue weighted by Crippen LogP contribution is -2.24. The number of likely N-dealkylation sites (N-methyl/N-ethyl adjacent to an activating group) is 1. The number of hydrogen-bond donors (Lipinski definition) is 0. The zero-order valence-corrected chi connectivity index (χ0v) is 14.5. The van der Waals surface area contributed by atoms with Crippen LogP contribution in [-0.2, 0) is 0 Å². The molecule has 3 rings (SSSR count). The summed E-state index contributed by atoms with van der Waals surface area (Å²) in [5.41, 5.74) is 4.32. The molecule has 1 aliphatic rings. The standard InChI is InChI=1S/C20H17BrFN/c1-3-23-14(2)12-13-16(15-8-5-4-6-9-15)20(23)19-17(21)10-7-11-18(19)22/h4-13H,2-3H2,1H3. The van der Waals surface area contributed by atoms with Crippen LogP contribution in [0.3, 0.4) is 0 Å². The Hall–Kier alpha value is -2.13. The van der Waals surface area contributed by atoms with Crippen LogP contribution < -0.4 is 0 Å². The number of allylic oxidation sites excluding steroid dienone is 3. The van der Waals surface area contributed by atoms with E-state index < -0.39 is 0 Å². The third-order valence-electron chi connectivity index (χ3n) is 3.91. The monoisotopic (exact) mass is 369 g/mol. The Labute approximate surface area is 144 Å². The summed E-state index contributed by atoms with van der Waals surface area (Å²) in [6, 6.07) is 15.1. The van der Waals surface area contributed by atoms with Gasteiger partial charge in [0.25, 0.3) is 0 Å². The van der Waals surface area contributed by atoms with Gasteiger partial charge in [-0.15, -0.1) is 0 Å². The van der Waals surface area contributed by atoms with Gasteiger partial charge in [-0.1, -0.05) is 49.1 Å². The Bertz CT molecular complexity index is 785. The third-order valence-corrected chi connectivity index (χ3v) is 4.58. The first-order valence-electron chi connectivity index (χ1n) is 7.52. The lowest BCUT2D eigenvalue weighted by atomic mass is 9.94. The third kappa shape index (κ3) is 2.89. The van der Waals surface area contributed by atoms with Gasteiger partial charge in [-0.3, -0.25) is 0 Å². The second-order valence-electron chi connectivity index (χ2n) is 5.29. The van der Waals surface area contributed by atoms with Crippen LogP contribution in [0, 0.1) is 5.82 Å². The van der Waals surface area contributed by atoms with Crippen molar-refractivity contribution in [1.82, 2.24) is 4.90 Å². The van der Waals surface area contributed by atoms with Crippen molar-refractivity contribution in [2.75, 3.05) is 6.54 Å². The summed E-state index contributed by atoms with van der Waals surface area (Å²) in [7, 11) is 0. The molecule has 116 valence electrons. The molecule has 1 aliphatic heterocycles. The predicted octanol–water partition coefficient (Wildman–Crippen LogP) is 5.86. The molecule has 2 aromatic carbocycles. The number of benzene rings is 2. The topological polar surface area (TPSA) is 3.24 Å². The summed E-state index contributed by atoms with van der Waals surface area (Å²) < 4.78 is 15.4. The van der Waals surface area contributed by atoms with E-state index in [0.717, 1.165) is 33.5 Å². The van der Waals surface area contributed by atoms with Crippen molar-refractivity contribution >= 4 is 27.2 Å². The highest BCUT2D eigenvalue weighted by Crippen LogP contribution is 2.39. The lowest BCUT2D eigenvalue weighted by Gasteiger charge is -2.32. The molecule has 0 fully saturated rings. The maximum absolute atomic E-state index is 14.6.